The number of imidazole rings is 1. The Bertz CT molecular complexity index is 726. The van der Waals surface area contributed by atoms with Gasteiger partial charge >= 0.3 is 0 Å². The number of H-pyrrole nitrogens is 1. The predicted octanol–water partition coefficient (Wildman–Crippen LogP) is 2.86. The number of rotatable bonds is 3. The van der Waals surface area contributed by atoms with Crippen molar-refractivity contribution in [3.05, 3.63) is 53.4 Å². The van der Waals surface area contributed by atoms with Gasteiger partial charge in [-0.1, -0.05) is 30.0 Å². The summed E-state index contributed by atoms with van der Waals surface area (Å²) in [4.78, 5) is 9.89. The number of likely N-dealkylation sites (N-methyl/N-ethyl adjacent to an activating group) is 1. The molecule has 1 aliphatic carbocycles. The molecule has 1 aromatic carbocycles. The Kier molecular flexibility index (Phi) is 3.91. The predicted molar refractivity (Wildman–Crippen MR) is 92.8 cm³/mol. The van der Waals surface area contributed by atoms with Crippen LogP contribution in [-0.2, 0) is 12.8 Å². The molecule has 120 valence electrons. The van der Waals surface area contributed by atoms with Crippen LogP contribution in [-0.4, -0.2) is 45.4 Å². The monoisotopic (exact) mass is 327 g/mol. The number of fused-ring (bicyclic) bond motifs is 2. The van der Waals surface area contributed by atoms with Crippen LogP contribution < -0.4 is 0 Å². The van der Waals surface area contributed by atoms with Crippen LogP contribution in [0.2, 0.25) is 0 Å². The first-order valence-electron chi connectivity index (χ1n) is 8.02. The number of hydrogen-bond acceptors (Lipinski definition) is 4. The van der Waals surface area contributed by atoms with E-state index in [-0.39, 0.29) is 0 Å². The summed E-state index contributed by atoms with van der Waals surface area (Å²) in [6.45, 7) is 1.02. The lowest BCUT2D eigenvalue weighted by Crippen LogP contribution is -2.46. The van der Waals surface area contributed by atoms with E-state index in [2.05, 4.69) is 34.1 Å². The van der Waals surface area contributed by atoms with Crippen molar-refractivity contribution in [3.8, 4) is 5.75 Å². The highest BCUT2D eigenvalue weighted by Gasteiger charge is 2.34. The van der Waals surface area contributed by atoms with Gasteiger partial charge in [0.1, 0.15) is 5.75 Å². The molecule has 2 N–H and O–H groups in total. The standard InChI is InChI=1S/C18H21N3OS/c1-21-10-12(11-23-18-19-5-6-20-18)7-14-8-15-13(9-16(14)21)3-2-4-17(15)22/h2-7,14,16,22H,8-11H2,1H3,(H,19,20)/t14-,16-/m1/s1. The number of aromatic nitrogens is 2. The number of nitrogens with zero attached hydrogens (tertiary/aromatic N) is 2. The van der Waals surface area contributed by atoms with E-state index < -0.39 is 0 Å². The number of benzene rings is 1. The Morgan fingerprint density at radius 3 is 3.13 bits per heavy atom. The van der Waals surface area contributed by atoms with Crippen LogP contribution in [0.1, 0.15) is 11.1 Å². The summed E-state index contributed by atoms with van der Waals surface area (Å²) >= 11 is 1.75. The molecule has 0 fully saturated rings. The first-order valence-corrected chi connectivity index (χ1v) is 9.01. The first-order chi connectivity index (χ1) is 11.2. The molecule has 1 aliphatic heterocycles. The molecule has 0 unspecified atom stereocenters. The molecule has 2 aromatic rings. The van der Waals surface area contributed by atoms with E-state index in [0.717, 1.165) is 35.9 Å². The van der Waals surface area contributed by atoms with Crippen LogP contribution in [0.4, 0.5) is 0 Å². The Hall–Kier alpha value is -1.72. The molecular formula is C18H21N3OS. The van der Waals surface area contributed by atoms with Crippen LogP contribution in [0.3, 0.4) is 0 Å². The minimum Gasteiger partial charge on any atom is -0.508 e. The fraction of sp³-hybridized carbons (Fsp3) is 0.389. The van der Waals surface area contributed by atoms with E-state index in [1.54, 1.807) is 18.0 Å². The molecule has 0 saturated carbocycles. The highest BCUT2D eigenvalue weighted by atomic mass is 32.2. The van der Waals surface area contributed by atoms with Gasteiger partial charge in [0.2, 0.25) is 0 Å². The fourth-order valence-electron chi connectivity index (χ4n) is 3.83. The summed E-state index contributed by atoms with van der Waals surface area (Å²) in [5.41, 5.74) is 3.90. The molecule has 0 bridgehead atoms. The van der Waals surface area contributed by atoms with E-state index in [0.29, 0.717) is 17.7 Å². The average molecular weight is 327 g/mol. The van der Waals surface area contributed by atoms with Crippen molar-refractivity contribution in [1.29, 1.82) is 0 Å². The molecule has 2 aliphatic rings. The smallest absolute Gasteiger partial charge is 0.165 e. The first kappa shape index (κ1) is 14.8. The number of nitrogens with one attached hydrogen (secondary N) is 1. The van der Waals surface area contributed by atoms with Crippen LogP contribution in [0.5, 0.6) is 5.75 Å². The molecule has 4 rings (SSSR count). The van der Waals surface area contributed by atoms with Crippen LogP contribution in [0, 0.1) is 5.92 Å². The SMILES string of the molecule is CN1CC(CSc2ncc[nH]2)=C[C@@H]2Cc3c(O)cccc3C[C@H]21. The summed E-state index contributed by atoms with van der Waals surface area (Å²) in [5, 5.41) is 11.1. The minimum absolute atomic E-state index is 0.453. The molecule has 0 radical (unpaired) electrons. The normalized spacial score (nSPS) is 24.0. The zero-order valence-electron chi connectivity index (χ0n) is 13.2. The summed E-state index contributed by atoms with van der Waals surface area (Å²) in [5.74, 6) is 1.91. The van der Waals surface area contributed by atoms with Crippen molar-refractivity contribution in [2.75, 3.05) is 19.3 Å². The van der Waals surface area contributed by atoms with E-state index >= 15 is 0 Å². The molecule has 23 heavy (non-hydrogen) atoms. The number of phenols is 1. The van der Waals surface area contributed by atoms with Gasteiger partial charge in [0.25, 0.3) is 0 Å². The Balaban J connectivity index is 1.54. The fourth-order valence-corrected chi connectivity index (χ4v) is 4.62. The lowest BCUT2D eigenvalue weighted by atomic mass is 9.76. The Morgan fingerprint density at radius 1 is 1.39 bits per heavy atom. The number of thioether (sulfide) groups is 1. The van der Waals surface area contributed by atoms with E-state index in [1.165, 1.54) is 11.1 Å². The van der Waals surface area contributed by atoms with Gasteiger partial charge in [0.15, 0.2) is 5.16 Å². The molecule has 0 amide bonds. The van der Waals surface area contributed by atoms with E-state index in [1.807, 2.05) is 18.3 Å². The maximum atomic E-state index is 10.2. The zero-order valence-corrected chi connectivity index (χ0v) is 14.0. The maximum absolute atomic E-state index is 10.2. The van der Waals surface area contributed by atoms with Crippen molar-refractivity contribution in [2.45, 2.75) is 24.0 Å². The summed E-state index contributed by atoms with van der Waals surface area (Å²) in [6, 6.07) is 6.47. The largest absolute Gasteiger partial charge is 0.508 e. The zero-order chi connectivity index (χ0) is 15.8. The molecule has 2 heterocycles. The van der Waals surface area contributed by atoms with Gasteiger partial charge in [0.05, 0.1) is 0 Å². The van der Waals surface area contributed by atoms with Crippen molar-refractivity contribution in [1.82, 2.24) is 14.9 Å². The number of aromatic hydroxyl groups is 1. The van der Waals surface area contributed by atoms with E-state index in [9.17, 15) is 5.11 Å². The van der Waals surface area contributed by atoms with Crippen molar-refractivity contribution >= 4 is 11.8 Å². The Morgan fingerprint density at radius 2 is 2.30 bits per heavy atom. The van der Waals surface area contributed by atoms with Crippen molar-refractivity contribution in [3.63, 3.8) is 0 Å². The van der Waals surface area contributed by atoms with Gasteiger partial charge in [0, 0.05) is 30.7 Å². The van der Waals surface area contributed by atoms with Gasteiger partial charge in [-0.15, -0.1) is 0 Å². The van der Waals surface area contributed by atoms with Gasteiger partial charge in [-0.2, -0.15) is 0 Å². The second-order valence-corrected chi connectivity index (χ2v) is 7.44. The third-order valence-electron chi connectivity index (χ3n) is 4.95. The van der Waals surface area contributed by atoms with Gasteiger partial charge in [-0.25, -0.2) is 4.98 Å². The van der Waals surface area contributed by atoms with Crippen molar-refractivity contribution < 1.29 is 5.11 Å². The molecule has 0 saturated heterocycles. The lowest BCUT2D eigenvalue weighted by molar-refractivity contribution is 0.184. The molecule has 1 aromatic heterocycles. The Labute approximate surface area is 140 Å². The van der Waals surface area contributed by atoms with Gasteiger partial charge in [-0.05, 0) is 48.6 Å². The summed E-state index contributed by atoms with van der Waals surface area (Å²) in [6.07, 6.45) is 8.06. The van der Waals surface area contributed by atoms with Gasteiger partial charge in [-0.3, -0.25) is 4.90 Å². The molecule has 5 heteroatoms. The second-order valence-electron chi connectivity index (χ2n) is 6.48. The summed E-state index contributed by atoms with van der Waals surface area (Å²) in [7, 11) is 2.22. The van der Waals surface area contributed by atoms with Crippen LogP contribution in [0.15, 0.2) is 47.4 Å². The number of hydrogen-bond donors (Lipinski definition) is 2. The van der Waals surface area contributed by atoms with Crippen LogP contribution >= 0.6 is 11.8 Å². The van der Waals surface area contributed by atoms with Crippen LogP contribution in [0.25, 0.3) is 0 Å². The highest BCUT2D eigenvalue weighted by molar-refractivity contribution is 7.99. The number of aromatic amines is 1. The topological polar surface area (TPSA) is 52.2 Å². The molecule has 2 atom stereocenters. The highest BCUT2D eigenvalue weighted by Crippen LogP contribution is 2.37. The lowest BCUT2D eigenvalue weighted by Gasteiger charge is -2.42. The van der Waals surface area contributed by atoms with Crippen molar-refractivity contribution in [2.24, 2.45) is 5.92 Å². The third-order valence-corrected chi connectivity index (χ3v) is 5.96. The summed E-state index contributed by atoms with van der Waals surface area (Å²) < 4.78 is 0. The molecule has 4 nitrogen and oxygen atoms in total. The third kappa shape index (κ3) is 2.91. The molecule has 0 spiro atoms. The molecular weight excluding hydrogens is 306 g/mol. The number of phenolic OH excluding ortho intramolecular Hbond substituents is 1. The van der Waals surface area contributed by atoms with E-state index in [4.69, 9.17) is 0 Å². The quantitative estimate of drug-likeness (QED) is 0.672. The minimum atomic E-state index is 0.453. The second kappa shape index (κ2) is 6.06. The maximum Gasteiger partial charge on any atom is 0.165 e. The van der Waals surface area contributed by atoms with Gasteiger partial charge < -0.3 is 10.1 Å². The average Bonchev–Trinajstić information content (AvgIpc) is 3.06.